The van der Waals surface area contributed by atoms with Crippen LogP contribution in [0.4, 0.5) is 5.82 Å². The Kier molecular flexibility index (Phi) is 7.23. The van der Waals surface area contributed by atoms with Crippen LogP contribution >= 0.6 is 0 Å². The van der Waals surface area contributed by atoms with Gasteiger partial charge < -0.3 is 9.64 Å². The predicted molar refractivity (Wildman–Crippen MR) is 148 cm³/mol. The Labute approximate surface area is 224 Å². The normalized spacial score (nSPS) is 21.4. The molecule has 2 unspecified atom stereocenters. The molecule has 2 aliphatic heterocycles. The molecule has 9 heteroatoms. The van der Waals surface area contributed by atoms with E-state index >= 15 is 0 Å². The average Bonchev–Trinajstić information content (AvgIpc) is 2.90. The fraction of sp³-hybridized carbons (Fsp3) is 0.517. The number of pyridine rings is 1. The van der Waals surface area contributed by atoms with Gasteiger partial charge >= 0.3 is 5.69 Å². The summed E-state index contributed by atoms with van der Waals surface area (Å²) in [6, 6.07) is 14.9. The van der Waals surface area contributed by atoms with Crippen molar-refractivity contribution >= 4 is 16.9 Å². The Morgan fingerprint density at radius 3 is 2.58 bits per heavy atom. The number of aryl methyl sites for hydroxylation is 1. The standard InChI is InChI=1S/C29H37N7O2/c1-20-17-35(21(2)23-8-6-22(7-9-23)18-34-14-15-38-29(3,4)19-34)12-13-36(20)27-26-25(33(5)28(37)32-27)11-10-24(16-30)31-26/h6-11,20-21H,12-15,17-19H2,1-5H3. The Bertz CT molecular complexity index is 1410. The molecule has 0 amide bonds. The molecule has 1 aromatic carbocycles. The van der Waals surface area contributed by atoms with Crippen molar-refractivity contribution in [2.75, 3.05) is 44.2 Å². The van der Waals surface area contributed by atoms with Crippen LogP contribution in [0.25, 0.3) is 11.0 Å². The van der Waals surface area contributed by atoms with Gasteiger partial charge in [-0.25, -0.2) is 9.78 Å². The third kappa shape index (κ3) is 5.30. The fourth-order valence-electron chi connectivity index (χ4n) is 5.74. The molecule has 2 atom stereocenters. The van der Waals surface area contributed by atoms with Crippen molar-refractivity contribution in [1.29, 1.82) is 5.26 Å². The van der Waals surface area contributed by atoms with Crippen molar-refractivity contribution < 1.29 is 4.74 Å². The number of nitriles is 1. The van der Waals surface area contributed by atoms with E-state index in [1.807, 2.05) is 0 Å². The summed E-state index contributed by atoms with van der Waals surface area (Å²) in [7, 11) is 1.69. The minimum atomic E-state index is -0.317. The Morgan fingerprint density at radius 1 is 1.13 bits per heavy atom. The molecule has 2 saturated heterocycles. The quantitative estimate of drug-likeness (QED) is 0.512. The van der Waals surface area contributed by atoms with Gasteiger partial charge in [0.1, 0.15) is 17.3 Å². The minimum Gasteiger partial charge on any atom is -0.373 e. The molecule has 200 valence electrons. The highest BCUT2D eigenvalue weighted by Crippen LogP contribution is 2.29. The maximum atomic E-state index is 12.6. The van der Waals surface area contributed by atoms with Gasteiger partial charge in [-0.15, -0.1) is 0 Å². The third-order valence-corrected chi connectivity index (χ3v) is 7.90. The lowest BCUT2D eigenvalue weighted by Gasteiger charge is -2.43. The molecule has 2 fully saturated rings. The van der Waals surface area contributed by atoms with E-state index in [-0.39, 0.29) is 23.4 Å². The van der Waals surface area contributed by atoms with Crippen molar-refractivity contribution in [3.8, 4) is 6.07 Å². The van der Waals surface area contributed by atoms with Crippen molar-refractivity contribution in [3.05, 3.63) is 63.7 Å². The molecule has 38 heavy (non-hydrogen) atoms. The number of ether oxygens (including phenoxy) is 1. The molecular weight excluding hydrogens is 478 g/mol. The lowest BCUT2D eigenvalue weighted by molar-refractivity contribution is -0.0882. The van der Waals surface area contributed by atoms with E-state index in [0.717, 1.165) is 45.9 Å². The average molecular weight is 516 g/mol. The van der Waals surface area contributed by atoms with E-state index < -0.39 is 0 Å². The largest absolute Gasteiger partial charge is 0.373 e. The molecule has 0 saturated carbocycles. The summed E-state index contributed by atoms with van der Waals surface area (Å²) in [5, 5.41) is 9.37. The van der Waals surface area contributed by atoms with Crippen molar-refractivity contribution in [2.24, 2.45) is 7.05 Å². The van der Waals surface area contributed by atoms with E-state index in [9.17, 15) is 10.1 Å². The van der Waals surface area contributed by atoms with Crippen LogP contribution in [0.5, 0.6) is 0 Å². The predicted octanol–water partition coefficient (Wildman–Crippen LogP) is 3.08. The lowest BCUT2D eigenvalue weighted by Crippen LogP contribution is -2.53. The van der Waals surface area contributed by atoms with Crippen LogP contribution in [0.15, 0.2) is 41.2 Å². The number of anilines is 1. The topological polar surface area (TPSA) is 90.5 Å². The lowest BCUT2D eigenvalue weighted by atomic mass is 10.0. The second-order valence-corrected chi connectivity index (χ2v) is 11.2. The van der Waals surface area contributed by atoms with Crippen LogP contribution in [-0.2, 0) is 18.3 Å². The van der Waals surface area contributed by atoms with E-state index in [0.29, 0.717) is 22.5 Å². The van der Waals surface area contributed by atoms with Gasteiger partial charge in [0.05, 0.1) is 17.7 Å². The SMILES string of the molecule is CC(c1ccc(CN2CCOC(C)(C)C2)cc1)N1CCN(c2nc(=O)n(C)c3ccc(C#N)nc23)C(C)C1. The first-order chi connectivity index (χ1) is 18.1. The van der Waals surface area contributed by atoms with Crippen LogP contribution in [-0.4, -0.2) is 75.3 Å². The van der Waals surface area contributed by atoms with E-state index in [1.54, 1.807) is 19.2 Å². The highest BCUT2D eigenvalue weighted by atomic mass is 16.5. The fourth-order valence-corrected chi connectivity index (χ4v) is 5.74. The van der Waals surface area contributed by atoms with Crippen molar-refractivity contribution in [2.45, 2.75) is 51.9 Å². The smallest absolute Gasteiger partial charge is 0.349 e. The summed E-state index contributed by atoms with van der Waals surface area (Å²) in [5.41, 5.74) is 3.82. The maximum absolute atomic E-state index is 12.6. The highest BCUT2D eigenvalue weighted by molar-refractivity contribution is 5.86. The number of morpholine rings is 1. The number of piperazine rings is 1. The Balaban J connectivity index is 1.28. The maximum Gasteiger partial charge on any atom is 0.349 e. The molecule has 0 aliphatic carbocycles. The van der Waals surface area contributed by atoms with Crippen LogP contribution in [0, 0.1) is 11.3 Å². The van der Waals surface area contributed by atoms with Gasteiger partial charge in [0.25, 0.3) is 0 Å². The van der Waals surface area contributed by atoms with Gasteiger partial charge in [0, 0.05) is 58.4 Å². The molecule has 2 aliphatic rings. The van der Waals surface area contributed by atoms with Crippen molar-refractivity contribution in [3.63, 3.8) is 0 Å². The van der Waals surface area contributed by atoms with Gasteiger partial charge in [-0.05, 0) is 51.0 Å². The second kappa shape index (κ2) is 10.4. The molecule has 0 N–H and O–H groups in total. The monoisotopic (exact) mass is 515 g/mol. The summed E-state index contributed by atoms with van der Waals surface area (Å²) in [5.74, 6) is 0.565. The molecule has 5 rings (SSSR count). The zero-order valence-corrected chi connectivity index (χ0v) is 23.0. The minimum absolute atomic E-state index is 0.0892. The Hall–Kier alpha value is -3.32. The summed E-state index contributed by atoms with van der Waals surface area (Å²) in [6.45, 7) is 14.8. The van der Waals surface area contributed by atoms with Gasteiger partial charge in [-0.3, -0.25) is 14.4 Å². The zero-order valence-electron chi connectivity index (χ0n) is 23.0. The molecule has 3 aromatic rings. The molecule has 0 spiro atoms. The molecule has 0 radical (unpaired) electrons. The first kappa shape index (κ1) is 26.3. The van der Waals surface area contributed by atoms with Crippen LogP contribution in [0.2, 0.25) is 0 Å². The van der Waals surface area contributed by atoms with Gasteiger partial charge in [-0.1, -0.05) is 24.3 Å². The first-order valence-corrected chi connectivity index (χ1v) is 13.4. The summed E-state index contributed by atoms with van der Waals surface area (Å²) in [6.07, 6.45) is 0. The number of fused-ring (bicyclic) bond motifs is 1. The third-order valence-electron chi connectivity index (χ3n) is 7.90. The Morgan fingerprint density at radius 2 is 1.89 bits per heavy atom. The summed E-state index contributed by atoms with van der Waals surface area (Å²) >= 11 is 0. The second-order valence-electron chi connectivity index (χ2n) is 11.2. The molecular formula is C29H37N7O2. The molecule has 2 aromatic heterocycles. The van der Waals surface area contributed by atoms with Crippen LogP contribution in [0.1, 0.15) is 50.6 Å². The van der Waals surface area contributed by atoms with E-state index in [1.165, 1.54) is 15.7 Å². The summed E-state index contributed by atoms with van der Waals surface area (Å²) in [4.78, 5) is 28.6. The van der Waals surface area contributed by atoms with Gasteiger partial charge in [-0.2, -0.15) is 10.2 Å². The number of hydrogen-bond donors (Lipinski definition) is 0. The van der Waals surface area contributed by atoms with E-state index in [4.69, 9.17) is 4.74 Å². The zero-order chi connectivity index (χ0) is 27.0. The van der Waals surface area contributed by atoms with Crippen LogP contribution in [0.3, 0.4) is 0 Å². The number of rotatable bonds is 5. The first-order valence-electron chi connectivity index (χ1n) is 13.4. The number of nitrogens with zero attached hydrogens (tertiary/aromatic N) is 7. The van der Waals surface area contributed by atoms with Crippen molar-refractivity contribution in [1.82, 2.24) is 24.3 Å². The molecule has 4 heterocycles. The molecule has 9 nitrogen and oxygen atoms in total. The van der Waals surface area contributed by atoms with Gasteiger partial charge in [0.15, 0.2) is 5.82 Å². The highest BCUT2D eigenvalue weighted by Gasteiger charge is 2.30. The van der Waals surface area contributed by atoms with E-state index in [2.05, 4.69) is 82.7 Å². The van der Waals surface area contributed by atoms with Crippen LogP contribution < -0.4 is 10.6 Å². The number of hydrogen-bond acceptors (Lipinski definition) is 8. The summed E-state index contributed by atoms with van der Waals surface area (Å²) < 4.78 is 7.34. The number of aromatic nitrogens is 3. The number of benzene rings is 1. The molecule has 0 bridgehead atoms. The van der Waals surface area contributed by atoms with Gasteiger partial charge in [0.2, 0.25) is 0 Å².